The normalized spacial score (nSPS) is 11.7. The largest absolute Gasteiger partial charge is 0.432 e. The average molecular weight is 230 g/mol. The summed E-state index contributed by atoms with van der Waals surface area (Å²) in [6.07, 6.45) is -3.24. The second-order valence-corrected chi connectivity index (χ2v) is 2.92. The van der Waals surface area contributed by atoms with Crippen LogP contribution >= 0.6 is 0 Å². The van der Waals surface area contributed by atoms with Crippen LogP contribution in [0.5, 0.6) is 0 Å². The summed E-state index contributed by atoms with van der Waals surface area (Å²) in [4.78, 5) is 11.3. The minimum absolute atomic E-state index is 0.00278. The van der Waals surface area contributed by atoms with Crippen LogP contribution in [0.2, 0.25) is 0 Å². The maximum atomic E-state index is 12.3. The van der Waals surface area contributed by atoms with E-state index in [0.29, 0.717) is 10.7 Å². The first-order valence-corrected chi connectivity index (χ1v) is 4.16. The molecule has 0 fully saturated rings. The van der Waals surface area contributed by atoms with Gasteiger partial charge in [-0.1, -0.05) is 0 Å². The molecule has 16 heavy (non-hydrogen) atoms. The molecule has 0 saturated carbocycles. The van der Waals surface area contributed by atoms with Crippen molar-refractivity contribution < 1.29 is 13.2 Å². The molecule has 0 atom stereocenters. The Bertz CT molecular complexity index is 542. The molecule has 0 saturated heterocycles. The van der Waals surface area contributed by atoms with Gasteiger partial charge in [0.1, 0.15) is 5.69 Å². The molecule has 1 N–H and O–H groups in total. The number of alkyl halides is 3. The van der Waals surface area contributed by atoms with Crippen LogP contribution in [0.1, 0.15) is 5.69 Å². The molecule has 5 nitrogen and oxygen atoms in total. The molecule has 0 unspecified atom stereocenters. The lowest BCUT2D eigenvalue weighted by Crippen LogP contribution is -2.15. The fraction of sp³-hybridized carbons (Fsp3) is 0.125. The monoisotopic (exact) mass is 230 g/mol. The molecule has 0 aliphatic heterocycles. The fourth-order valence-corrected chi connectivity index (χ4v) is 1.12. The number of aromatic amines is 1. The third-order valence-electron chi connectivity index (χ3n) is 1.81. The van der Waals surface area contributed by atoms with Crippen molar-refractivity contribution in [3.63, 3.8) is 0 Å². The van der Waals surface area contributed by atoms with Gasteiger partial charge in [-0.05, 0) is 12.1 Å². The quantitative estimate of drug-likeness (QED) is 0.794. The van der Waals surface area contributed by atoms with Gasteiger partial charge in [-0.15, -0.1) is 5.10 Å². The lowest BCUT2D eigenvalue weighted by atomic mass is 10.4. The van der Waals surface area contributed by atoms with E-state index in [4.69, 9.17) is 0 Å². The van der Waals surface area contributed by atoms with E-state index in [2.05, 4.69) is 10.2 Å². The highest BCUT2D eigenvalue weighted by atomic mass is 19.4. The summed E-state index contributed by atoms with van der Waals surface area (Å²) < 4.78 is 37.5. The predicted octanol–water partition coefficient (Wildman–Crippen LogP) is 0.974. The minimum atomic E-state index is -4.59. The number of halogens is 3. The van der Waals surface area contributed by atoms with Gasteiger partial charge in [-0.3, -0.25) is 9.89 Å². The summed E-state index contributed by atoms with van der Waals surface area (Å²) in [6, 6.07) is 3.29. The third-order valence-corrected chi connectivity index (χ3v) is 1.81. The summed E-state index contributed by atoms with van der Waals surface area (Å²) in [6.45, 7) is 0. The van der Waals surface area contributed by atoms with Crippen LogP contribution < -0.4 is 5.56 Å². The van der Waals surface area contributed by atoms with Crippen LogP contribution in [0.4, 0.5) is 13.2 Å². The molecule has 2 aromatic heterocycles. The van der Waals surface area contributed by atoms with Crippen LogP contribution in [0.25, 0.3) is 5.82 Å². The summed E-state index contributed by atoms with van der Waals surface area (Å²) >= 11 is 0. The van der Waals surface area contributed by atoms with Crippen LogP contribution in [0.15, 0.2) is 29.2 Å². The van der Waals surface area contributed by atoms with Crippen LogP contribution in [-0.2, 0) is 6.18 Å². The molecule has 0 aromatic carbocycles. The van der Waals surface area contributed by atoms with Gasteiger partial charge < -0.3 is 0 Å². The first-order chi connectivity index (χ1) is 7.48. The van der Waals surface area contributed by atoms with E-state index in [-0.39, 0.29) is 5.82 Å². The standard InChI is InChI=1S/C8H5F3N4O/c9-8(10,11)5-4-7(16)15(14-5)6-2-1-3-12-13-6/h1-4,14H. The van der Waals surface area contributed by atoms with Crippen molar-refractivity contribution in [1.29, 1.82) is 0 Å². The molecule has 0 aliphatic rings. The smallest absolute Gasteiger partial charge is 0.285 e. The maximum absolute atomic E-state index is 12.3. The predicted molar refractivity (Wildman–Crippen MR) is 47.0 cm³/mol. The van der Waals surface area contributed by atoms with E-state index >= 15 is 0 Å². The highest BCUT2D eigenvalue weighted by Crippen LogP contribution is 2.26. The lowest BCUT2D eigenvalue weighted by molar-refractivity contribution is -0.141. The highest BCUT2D eigenvalue weighted by molar-refractivity contribution is 5.19. The van der Waals surface area contributed by atoms with Crippen molar-refractivity contribution in [3.05, 3.63) is 40.4 Å². The molecular weight excluding hydrogens is 225 g/mol. The summed E-state index contributed by atoms with van der Waals surface area (Å²) in [5.41, 5.74) is -1.96. The number of hydrogen-bond acceptors (Lipinski definition) is 3. The van der Waals surface area contributed by atoms with Crippen molar-refractivity contribution in [1.82, 2.24) is 20.0 Å². The number of aromatic nitrogens is 4. The Morgan fingerprint density at radius 3 is 2.62 bits per heavy atom. The topological polar surface area (TPSA) is 63.6 Å². The number of nitrogens with one attached hydrogen (secondary N) is 1. The Morgan fingerprint density at radius 2 is 2.12 bits per heavy atom. The Hall–Kier alpha value is -2.12. The molecule has 0 bridgehead atoms. The Morgan fingerprint density at radius 1 is 1.38 bits per heavy atom. The van der Waals surface area contributed by atoms with Crippen molar-refractivity contribution in [2.45, 2.75) is 6.18 Å². The van der Waals surface area contributed by atoms with Crippen molar-refractivity contribution in [3.8, 4) is 5.82 Å². The van der Waals surface area contributed by atoms with Crippen LogP contribution in [0.3, 0.4) is 0 Å². The van der Waals surface area contributed by atoms with Gasteiger partial charge in [-0.25, -0.2) is 0 Å². The van der Waals surface area contributed by atoms with Gasteiger partial charge in [0.2, 0.25) is 0 Å². The Kier molecular flexibility index (Phi) is 2.26. The number of H-pyrrole nitrogens is 1. The van der Waals surface area contributed by atoms with Crippen molar-refractivity contribution >= 4 is 0 Å². The molecule has 8 heteroatoms. The van der Waals surface area contributed by atoms with Gasteiger partial charge >= 0.3 is 6.18 Å². The second-order valence-electron chi connectivity index (χ2n) is 2.92. The Balaban J connectivity index is 2.53. The fourth-order valence-electron chi connectivity index (χ4n) is 1.12. The minimum Gasteiger partial charge on any atom is -0.285 e. The van der Waals surface area contributed by atoms with E-state index in [9.17, 15) is 18.0 Å². The van der Waals surface area contributed by atoms with E-state index in [1.54, 1.807) is 0 Å². The molecule has 0 aliphatic carbocycles. The van der Waals surface area contributed by atoms with Crippen molar-refractivity contribution in [2.75, 3.05) is 0 Å². The van der Waals surface area contributed by atoms with E-state index in [1.807, 2.05) is 5.10 Å². The SMILES string of the molecule is O=c1cc(C(F)(F)F)[nH]n1-c1cccnn1. The molecule has 2 aromatic rings. The van der Waals surface area contributed by atoms with Crippen molar-refractivity contribution in [2.24, 2.45) is 0 Å². The zero-order chi connectivity index (χ0) is 11.8. The van der Waals surface area contributed by atoms with Gasteiger partial charge in [0, 0.05) is 12.3 Å². The zero-order valence-corrected chi connectivity index (χ0v) is 7.69. The molecular formula is C8H5F3N4O. The molecule has 0 radical (unpaired) electrons. The first-order valence-electron chi connectivity index (χ1n) is 4.16. The summed E-state index contributed by atoms with van der Waals surface area (Å²) in [7, 11) is 0. The number of hydrogen-bond donors (Lipinski definition) is 1. The number of rotatable bonds is 1. The lowest BCUT2D eigenvalue weighted by Gasteiger charge is -2.02. The molecule has 0 amide bonds. The Labute approximate surface area is 86.5 Å². The molecule has 2 rings (SSSR count). The second kappa shape index (κ2) is 3.47. The van der Waals surface area contributed by atoms with Gasteiger partial charge in [-0.2, -0.15) is 23.0 Å². The zero-order valence-electron chi connectivity index (χ0n) is 7.69. The third kappa shape index (κ3) is 1.81. The number of nitrogens with zero attached hydrogens (tertiary/aromatic N) is 3. The van der Waals surface area contributed by atoms with Gasteiger partial charge in [0.25, 0.3) is 5.56 Å². The van der Waals surface area contributed by atoms with Gasteiger partial charge in [0.05, 0.1) is 0 Å². The molecule has 2 heterocycles. The molecule has 84 valence electrons. The molecule has 0 spiro atoms. The highest BCUT2D eigenvalue weighted by Gasteiger charge is 2.33. The van der Waals surface area contributed by atoms with Gasteiger partial charge in [0.15, 0.2) is 5.82 Å². The first kappa shape index (κ1) is 10.4. The maximum Gasteiger partial charge on any atom is 0.432 e. The van der Waals surface area contributed by atoms with E-state index in [1.165, 1.54) is 18.3 Å². The van der Waals surface area contributed by atoms with Crippen LogP contribution in [-0.4, -0.2) is 20.0 Å². The van der Waals surface area contributed by atoms with E-state index in [0.717, 1.165) is 0 Å². The summed E-state index contributed by atoms with van der Waals surface area (Å²) in [5.74, 6) is 0.00278. The van der Waals surface area contributed by atoms with Crippen LogP contribution in [0, 0.1) is 0 Å². The van der Waals surface area contributed by atoms with E-state index < -0.39 is 17.4 Å². The summed E-state index contributed by atoms with van der Waals surface area (Å²) in [5, 5.41) is 8.90. The average Bonchev–Trinajstić information content (AvgIpc) is 2.61.